The summed E-state index contributed by atoms with van der Waals surface area (Å²) in [5.74, 6) is 0.0424. The van der Waals surface area contributed by atoms with E-state index < -0.39 is 5.72 Å². The van der Waals surface area contributed by atoms with Crippen molar-refractivity contribution in [1.82, 2.24) is 20.4 Å². The van der Waals surface area contributed by atoms with Crippen molar-refractivity contribution in [2.45, 2.75) is 44.8 Å². The number of anilines is 1. The molecule has 158 valence electrons. The van der Waals surface area contributed by atoms with Gasteiger partial charge in [0.25, 0.3) is 5.91 Å². The van der Waals surface area contributed by atoms with Crippen molar-refractivity contribution in [3.05, 3.63) is 34.8 Å². The van der Waals surface area contributed by atoms with Gasteiger partial charge in [-0.1, -0.05) is 37.3 Å². The molecule has 2 N–H and O–H groups in total. The Bertz CT molecular complexity index is 991. The number of benzene rings is 1. The first-order chi connectivity index (χ1) is 14.3. The van der Waals surface area contributed by atoms with Gasteiger partial charge < -0.3 is 15.0 Å². The van der Waals surface area contributed by atoms with Crippen LogP contribution in [0.25, 0.3) is 0 Å². The average Bonchev–Trinajstić information content (AvgIpc) is 3.13. The van der Waals surface area contributed by atoms with Gasteiger partial charge in [-0.05, 0) is 12.1 Å². The zero-order valence-electron chi connectivity index (χ0n) is 16.8. The molecule has 1 unspecified atom stereocenters. The number of ether oxygens (including phenoxy) is 1. The highest BCUT2D eigenvalue weighted by molar-refractivity contribution is 7.15. The third kappa shape index (κ3) is 4.13. The van der Waals surface area contributed by atoms with Crippen LogP contribution in [0.5, 0.6) is 5.75 Å². The van der Waals surface area contributed by atoms with Crippen LogP contribution in [-0.4, -0.2) is 51.6 Å². The van der Waals surface area contributed by atoms with Crippen molar-refractivity contribution in [2.24, 2.45) is 0 Å². The van der Waals surface area contributed by atoms with Gasteiger partial charge in [0.2, 0.25) is 16.9 Å². The van der Waals surface area contributed by atoms with E-state index in [1.54, 1.807) is 18.2 Å². The van der Waals surface area contributed by atoms with E-state index in [2.05, 4.69) is 20.8 Å². The average molecular weight is 430 g/mol. The summed E-state index contributed by atoms with van der Waals surface area (Å²) in [4.78, 5) is 39.0. The Hall–Kier alpha value is -3.01. The first-order valence-corrected chi connectivity index (χ1v) is 10.7. The van der Waals surface area contributed by atoms with Crippen molar-refractivity contribution in [3.8, 4) is 5.75 Å². The fraction of sp³-hybridized carbons (Fsp3) is 0.450. The van der Waals surface area contributed by atoms with Crippen LogP contribution >= 0.6 is 11.3 Å². The number of nitrogens with zero attached hydrogens (tertiary/aromatic N) is 3. The minimum atomic E-state index is -0.947. The number of carbonyl (C=O) groups excluding carboxylic acids is 3. The molecule has 2 aliphatic heterocycles. The molecule has 2 aliphatic rings. The van der Waals surface area contributed by atoms with Gasteiger partial charge in [-0.15, -0.1) is 10.2 Å². The molecular weight excluding hydrogens is 406 g/mol. The Balaban J connectivity index is 1.40. The molecule has 9 nitrogen and oxygen atoms in total. The fourth-order valence-corrected chi connectivity index (χ4v) is 4.29. The molecule has 0 aliphatic carbocycles. The van der Waals surface area contributed by atoms with Crippen LogP contribution in [-0.2, 0) is 9.59 Å². The highest BCUT2D eigenvalue weighted by atomic mass is 32.1. The maximum absolute atomic E-state index is 12.6. The number of aromatic nitrogens is 2. The van der Waals surface area contributed by atoms with Crippen molar-refractivity contribution >= 4 is 34.2 Å². The molecule has 0 bridgehead atoms. The van der Waals surface area contributed by atoms with Gasteiger partial charge >= 0.3 is 0 Å². The molecule has 1 fully saturated rings. The van der Waals surface area contributed by atoms with Crippen molar-refractivity contribution in [3.63, 3.8) is 0 Å². The third-order valence-electron chi connectivity index (χ3n) is 5.17. The first-order valence-electron chi connectivity index (χ1n) is 9.87. The summed E-state index contributed by atoms with van der Waals surface area (Å²) in [5, 5.41) is 14.9. The molecule has 1 spiro atoms. The first kappa shape index (κ1) is 20.3. The summed E-state index contributed by atoms with van der Waals surface area (Å²) in [5.41, 5.74) is -0.467. The quantitative estimate of drug-likeness (QED) is 0.770. The predicted octanol–water partition coefficient (Wildman–Crippen LogP) is 2.13. The number of carbonyl (C=O) groups is 3. The van der Waals surface area contributed by atoms with E-state index in [0.717, 1.165) is 5.01 Å². The van der Waals surface area contributed by atoms with Crippen molar-refractivity contribution in [2.75, 3.05) is 18.4 Å². The molecule has 1 saturated heterocycles. The summed E-state index contributed by atoms with van der Waals surface area (Å²) in [6, 6.07) is 7.04. The highest BCUT2D eigenvalue weighted by Crippen LogP contribution is 2.33. The molecule has 3 heterocycles. The standard InChI is InChI=1S/C20H23N5O4S/c1-12(2)18-23-24-19(30-18)21-15(26)11-25-10-9-20(8-7-16(25)27)22-17(28)13-5-3-4-6-14(13)29-20/h3-6,12H,7-11H2,1-2H3,(H,22,28)(H,21,24,26). The van der Waals surface area contributed by atoms with E-state index in [-0.39, 0.29) is 36.6 Å². The van der Waals surface area contributed by atoms with Gasteiger partial charge in [0.15, 0.2) is 5.72 Å². The lowest BCUT2D eigenvalue weighted by Gasteiger charge is -2.38. The smallest absolute Gasteiger partial charge is 0.258 e. The number of hydrogen-bond donors (Lipinski definition) is 2. The normalized spacial score (nSPS) is 21.1. The molecule has 1 atom stereocenters. The minimum absolute atomic E-state index is 0.0873. The molecule has 10 heteroatoms. The number of likely N-dealkylation sites (tertiary alicyclic amines) is 1. The SMILES string of the molecule is CC(C)c1nnc(NC(=O)CN2CCC3(CCC2=O)NC(=O)c2ccccc2O3)s1. The van der Waals surface area contributed by atoms with Crippen LogP contribution in [0.1, 0.15) is 54.4 Å². The van der Waals surface area contributed by atoms with Crippen LogP contribution < -0.4 is 15.4 Å². The van der Waals surface area contributed by atoms with Gasteiger partial charge in [-0.3, -0.25) is 19.7 Å². The van der Waals surface area contributed by atoms with E-state index in [1.807, 2.05) is 19.9 Å². The van der Waals surface area contributed by atoms with Gasteiger partial charge in [0.1, 0.15) is 10.8 Å². The minimum Gasteiger partial charge on any atom is -0.467 e. The molecule has 4 rings (SSSR count). The monoisotopic (exact) mass is 429 g/mol. The van der Waals surface area contributed by atoms with Crippen molar-refractivity contribution < 1.29 is 19.1 Å². The molecule has 3 amide bonds. The number of fused-ring (bicyclic) bond motifs is 1. The predicted molar refractivity (Wildman–Crippen MR) is 110 cm³/mol. The molecular formula is C20H23N5O4S. The number of amides is 3. The number of para-hydroxylation sites is 1. The topological polar surface area (TPSA) is 114 Å². The molecule has 0 saturated carbocycles. The second-order valence-electron chi connectivity index (χ2n) is 7.76. The zero-order chi connectivity index (χ0) is 21.3. The summed E-state index contributed by atoms with van der Waals surface area (Å²) in [6.45, 7) is 4.21. The number of rotatable bonds is 4. The van der Waals surface area contributed by atoms with Gasteiger partial charge in [-0.25, -0.2) is 0 Å². The Morgan fingerprint density at radius 2 is 2.10 bits per heavy atom. The largest absolute Gasteiger partial charge is 0.467 e. The second kappa shape index (κ2) is 8.02. The second-order valence-corrected chi connectivity index (χ2v) is 8.77. The van der Waals surface area contributed by atoms with Crippen molar-refractivity contribution in [1.29, 1.82) is 0 Å². The molecule has 1 aromatic heterocycles. The Morgan fingerprint density at radius 1 is 1.30 bits per heavy atom. The molecule has 1 aromatic carbocycles. The summed E-state index contributed by atoms with van der Waals surface area (Å²) in [6.07, 6.45) is 0.909. The Labute approximate surface area is 177 Å². The molecule has 30 heavy (non-hydrogen) atoms. The van der Waals surface area contributed by atoms with Crippen LogP contribution in [0.15, 0.2) is 24.3 Å². The molecule has 2 aromatic rings. The fourth-order valence-electron chi connectivity index (χ4n) is 3.53. The summed E-state index contributed by atoms with van der Waals surface area (Å²) in [7, 11) is 0. The van der Waals surface area contributed by atoms with Crippen LogP contribution in [0, 0.1) is 0 Å². The number of hydrogen-bond acceptors (Lipinski definition) is 7. The van der Waals surface area contributed by atoms with E-state index in [1.165, 1.54) is 16.2 Å². The summed E-state index contributed by atoms with van der Waals surface area (Å²) >= 11 is 1.32. The van der Waals surface area contributed by atoms with E-state index in [9.17, 15) is 14.4 Å². The maximum atomic E-state index is 12.6. The van der Waals surface area contributed by atoms with Crippen LogP contribution in [0.3, 0.4) is 0 Å². The van der Waals surface area contributed by atoms with Gasteiger partial charge in [0, 0.05) is 31.7 Å². The van der Waals surface area contributed by atoms with E-state index in [4.69, 9.17) is 4.74 Å². The van der Waals surface area contributed by atoms with Gasteiger partial charge in [0.05, 0.1) is 12.1 Å². The maximum Gasteiger partial charge on any atom is 0.258 e. The van der Waals surface area contributed by atoms with Crippen LogP contribution in [0.2, 0.25) is 0 Å². The molecule has 0 radical (unpaired) electrons. The Kier molecular flexibility index (Phi) is 5.42. The summed E-state index contributed by atoms with van der Waals surface area (Å²) < 4.78 is 6.11. The van der Waals surface area contributed by atoms with Gasteiger partial charge in [-0.2, -0.15) is 0 Å². The Morgan fingerprint density at radius 3 is 2.87 bits per heavy atom. The van der Waals surface area contributed by atoms with E-state index >= 15 is 0 Å². The zero-order valence-corrected chi connectivity index (χ0v) is 17.6. The highest BCUT2D eigenvalue weighted by Gasteiger charge is 2.42. The van der Waals surface area contributed by atoms with Crippen LogP contribution in [0.4, 0.5) is 5.13 Å². The lowest BCUT2D eigenvalue weighted by molar-refractivity contribution is -0.134. The van der Waals surface area contributed by atoms with E-state index in [0.29, 0.717) is 35.8 Å². The lowest BCUT2D eigenvalue weighted by Crippen LogP contribution is -2.56. The lowest BCUT2D eigenvalue weighted by atomic mass is 10.0. The third-order valence-corrected chi connectivity index (χ3v) is 6.31. The number of nitrogens with one attached hydrogen (secondary N) is 2.